The Balaban J connectivity index is 1.91. The molecular weight excluding hydrogens is 304 g/mol. The average molecular weight is 326 g/mol. The number of primary amides is 1. The van der Waals surface area contributed by atoms with Crippen LogP contribution in [0, 0.1) is 20.8 Å². The van der Waals surface area contributed by atoms with Crippen molar-refractivity contribution >= 4 is 17.5 Å². The standard InChI is InChI=1S/C19H22N2O3/c1-12-7-8-15(11-13(12)2)24-10-9-18(22)21-17-6-4-5-16(14(17)3)19(20)23/h4-8,11H,9-10H2,1-3H3,(H2,20,23)(H,21,22). The van der Waals surface area contributed by atoms with Crippen molar-refractivity contribution < 1.29 is 14.3 Å². The fourth-order valence-corrected chi connectivity index (χ4v) is 2.32. The lowest BCUT2D eigenvalue weighted by Gasteiger charge is -2.11. The normalized spacial score (nSPS) is 10.3. The second-order valence-electron chi connectivity index (χ2n) is 5.74. The second kappa shape index (κ2) is 7.64. The van der Waals surface area contributed by atoms with E-state index in [1.54, 1.807) is 25.1 Å². The van der Waals surface area contributed by atoms with Crippen LogP contribution in [0.5, 0.6) is 5.75 Å². The molecule has 5 heteroatoms. The number of anilines is 1. The van der Waals surface area contributed by atoms with E-state index in [-0.39, 0.29) is 18.9 Å². The van der Waals surface area contributed by atoms with E-state index in [4.69, 9.17) is 10.5 Å². The number of ether oxygens (including phenoxy) is 1. The molecule has 0 bridgehead atoms. The molecular formula is C19H22N2O3. The first-order valence-corrected chi connectivity index (χ1v) is 7.78. The molecule has 5 nitrogen and oxygen atoms in total. The van der Waals surface area contributed by atoms with Crippen molar-refractivity contribution in [1.29, 1.82) is 0 Å². The van der Waals surface area contributed by atoms with Gasteiger partial charge in [0.1, 0.15) is 5.75 Å². The van der Waals surface area contributed by atoms with E-state index >= 15 is 0 Å². The number of hydrogen-bond donors (Lipinski definition) is 2. The Bertz CT molecular complexity index is 769. The molecule has 0 aliphatic heterocycles. The van der Waals surface area contributed by atoms with Crippen LogP contribution in [-0.4, -0.2) is 18.4 Å². The summed E-state index contributed by atoms with van der Waals surface area (Å²) in [7, 11) is 0. The molecule has 24 heavy (non-hydrogen) atoms. The first-order valence-electron chi connectivity index (χ1n) is 7.78. The zero-order valence-electron chi connectivity index (χ0n) is 14.2. The van der Waals surface area contributed by atoms with Crippen LogP contribution in [0.4, 0.5) is 5.69 Å². The second-order valence-corrected chi connectivity index (χ2v) is 5.74. The molecule has 2 aromatic rings. The summed E-state index contributed by atoms with van der Waals surface area (Å²) in [5.74, 6) is 0.0584. The number of aryl methyl sites for hydroxylation is 2. The van der Waals surface area contributed by atoms with E-state index in [1.807, 2.05) is 32.0 Å². The molecule has 0 unspecified atom stereocenters. The van der Waals surface area contributed by atoms with Crippen molar-refractivity contribution in [3.63, 3.8) is 0 Å². The Morgan fingerprint density at radius 3 is 2.50 bits per heavy atom. The predicted molar refractivity (Wildman–Crippen MR) is 94.4 cm³/mol. The highest BCUT2D eigenvalue weighted by Crippen LogP contribution is 2.19. The van der Waals surface area contributed by atoms with Gasteiger partial charge in [-0.1, -0.05) is 12.1 Å². The maximum atomic E-state index is 12.0. The van der Waals surface area contributed by atoms with Crippen LogP contribution in [0.25, 0.3) is 0 Å². The average Bonchev–Trinajstić information content (AvgIpc) is 2.52. The number of nitrogens with one attached hydrogen (secondary N) is 1. The molecule has 0 fully saturated rings. The van der Waals surface area contributed by atoms with Gasteiger partial charge >= 0.3 is 0 Å². The number of amides is 2. The van der Waals surface area contributed by atoms with Crippen LogP contribution in [0.15, 0.2) is 36.4 Å². The number of rotatable bonds is 6. The Morgan fingerprint density at radius 1 is 1.08 bits per heavy atom. The van der Waals surface area contributed by atoms with Gasteiger partial charge in [0.2, 0.25) is 11.8 Å². The first-order chi connectivity index (χ1) is 11.4. The van der Waals surface area contributed by atoms with E-state index in [2.05, 4.69) is 5.32 Å². The van der Waals surface area contributed by atoms with Crippen LogP contribution in [0.1, 0.15) is 33.5 Å². The van der Waals surface area contributed by atoms with E-state index in [9.17, 15) is 9.59 Å². The van der Waals surface area contributed by atoms with Crippen molar-refractivity contribution in [2.75, 3.05) is 11.9 Å². The summed E-state index contributed by atoms with van der Waals surface area (Å²) in [5.41, 5.74) is 9.31. The SMILES string of the molecule is Cc1ccc(OCCC(=O)Nc2cccc(C(N)=O)c2C)cc1C. The van der Waals surface area contributed by atoms with Crippen molar-refractivity contribution in [3.05, 3.63) is 58.7 Å². The van der Waals surface area contributed by atoms with Crippen molar-refractivity contribution in [3.8, 4) is 5.75 Å². The molecule has 126 valence electrons. The number of carbonyl (C=O) groups is 2. The third-order valence-electron chi connectivity index (χ3n) is 3.95. The summed E-state index contributed by atoms with van der Waals surface area (Å²) in [4.78, 5) is 23.4. The Kier molecular flexibility index (Phi) is 5.58. The van der Waals surface area contributed by atoms with Gasteiger partial charge in [-0.05, 0) is 61.7 Å². The zero-order chi connectivity index (χ0) is 17.7. The zero-order valence-corrected chi connectivity index (χ0v) is 14.2. The van der Waals surface area contributed by atoms with Crippen LogP contribution >= 0.6 is 0 Å². The Hall–Kier alpha value is -2.82. The fourth-order valence-electron chi connectivity index (χ4n) is 2.32. The van der Waals surface area contributed by atoms with Crippen LogP contribution in [0.3, 0.4) is 0 Å². The van der Waals surface area contributed by atoms with E-state index in [1.165, 1.54) is 5.56 Å². The topological polar surface area (TPSA) is 81.4 Å². The summed E-state index contributed by atoms with van der Waals surface area (Å²) in [6, 6.07) is 10.9. The molecule has 0 heterocycles. The van der Waals surface area contributed by atoms with Gasteiger partial charge in [0.05, 0.1) is 13.0 Å². The number of hydrogen-bond acceptors (Lipinski definition) is 3. The van der Waals surface area contributed by atoms with Gasteiger partial charge < -0.3 is 15.8 Å². The molecule has 0 radical (unpaired) electrons. The van der Waals surface area contributed by atoms with Crippen LogP contribution in [0.2, 0.25) is 0 Å². The lowest BCUT2D eigenvalue weighted by Crippen LogP contribution is -2.18. The first kappa shape index (κ1) is 17.5. The van der Waals surface area contributed by atoms with E-state index < -0.39 is 5.91 Å². The molecule has 3 N–H and O–H groups in total. The Labute approximate surface area is 141 Å². The van der Waals surface area contributed by atoms with Crippen molar-refractivity contribution in [1.82, 2.24) is 0 Å². The van der Waals surface area contributed by atoms with Crippen LogP contribution in [-0.2, 0) is 4.79 Å². The minimum absolute atomic E-state index is 0.177. The minimum Gasteiger partial charge on any atom is -0.493 e. The van der Waals surface area contributed by atoms with E-state index in [0.717, 1.165) is 11.3 Å². The molecule has 0 aliphatic rings. The van der Waals surface area contributed by atoms with Crippen molar-refractivity contribution in [2.24, 2.45) is 5.73 Å². The molecule has 0 aliphatic carbocycles. The third-order valence-corrected chi connectivity index (χ3v) is 3.95. The van der Waals surface area contributed by atoms with Crippen LogP contribution < -0.4 is 15.8 Å². The summed E-state index contributed by atoms with van der Waals surface area (Å²) >= 11 is 0. The van der Waals surface area contributed by atoms with Gasteiger partial charge in [-0.3, -0.25) is 9.59 Å². The molecule has 0 saturated carbocycles. The molecule has 2 aromatic carbocycles. The largest absolute Gasteiger partial charge is 0.493 e. The summed E-state index contributed by atoms with van der Waals surface area (Å²) < 4.78 is 5.61. The highest BCUT2D eigenvalue weighted by molar-refractivity contribution is 5.98. The number of benzene rings is 2. The van der Waals surface area contributed by atoms with Gasteiger partial charge in [-0.2, -0.15) is 0 Å². The summed E-state index contributed by atoms with van der Waals surface area (Å²) in [6.07, 6.45) is 0.215. The third kappa shape index (κ3) is 4.35. The fraction of sp³-hybridized carbons (Fsp3) is 0.263. The number of nitrogens with two attached hydrogens (primary N) is 1. The molecule has 2 rings (SSSR count). The van der Waals surface area contributed by atoms with Gasteiger partial charge in [-0.15, -0.1) is 0 Å². The molecule has 2 amide bonds. The lowest BCUT2D eigenvalue weighted by molar-refractivity contribution is -0.116. The quantitative estimate of drug-likeness (QED) is 0.855. The van der Waals surface area contributed by atoms with Gasteiger partial charge in [0, 0.05) is 11.3 Å². The van der Waals surface area contributed by atoms with Gasteiger partial charge in [-0.25, -0.2) is 0 Å². The number of carbonyl (C=O) groups excluding carboxylic acids is 2. The highest BCUT2D eigenvalue weighted by atomic mass is 16.5. The monoisotopic (exact) mass is 326 g/mol. The molecule has 0 spiro atoms. The van der Waals surface area contributed by atoms with Crippen molar-refractivity contribution in [2.45, 2.75) is 27.2 Å². The summed E-state index contributed by atoms with van der Waals surface area (Å²) in [6.45, 7) is 6.09. The van der Waals surface area contributed by atoms with E-state index in [0.29, 0.717) is 16.8 Å². The summed E-state index contributed by atoms with van der Waals surface area (Å²) in [5, 5.41) is 2.79. The molecule has 0 atom stereocenters. The molecule has 0 saturated heterocycles. The predicted octanol–water partition coefficient (Wildman–Crippen LogP) is 3.12. The van der Waals surface area contributed by atoms with Gasteiger partial charge in [0.25, 0.3) is 0 Å². The maximum Gasteiger partial charge on any atom is 0.249 e. The smallest absolute Gasteiger partial charge is 0.249 e. The van der Waals surface area contributed by atoms with Gasteiger partial charge in [0.15, 0.2) is 0 Å². The lowest BCUT2D eigenvalue weighted by atomic mass is 10.1. The molecule has 0 aromatic heterocycles. The highest BCUT2D eigenvalue weighted by Gasteiger charge is 2.11. The minimum atomic E-state index is -0.512. The Morgan fingerprint density at radius 2 is 1.83 bits per heavy atom. The maximum absolute atomic E-state index is 12.0.